The maximum absolute atomic E-state index is 13.3. The molecule has 0 radical (unpaired) electrons. The first-order valence-electron chi connectivity index (χ1n) is 5.56. The summed E-state index contributed by atoms with van der Waals surface area (Å²) in [4.78, 5) is 22.0. The number of nitrogens with one attached hydrogen (secondary N) is 2. The van der Waals surface area contributed by atoms with Crippen LogP contribution in [0.1, 0.15) is 12.0 Å². The molecule has 0 saturated carbocycles. The fourth-order valence-electron chi connectivity index (χ4n) is 1.26. The molecule has 0 heterocycles. The molecule has 1 rings (SSSR count). The fourth-order valence-corrected chi connectivity index (χ4v) is 2.18. The number of carbonyl (C=O) groups excluding carboxylic acids is 2. The van der Waals surface area contributed by atoms with E-state index in [9.17, 15) is 18.4 Å². The van der Waals surface area contributed by atoms with Gasteiger partial charge in [0.2, 0.25) is 5.91 Å². The zero-order chi connectivity index (χ0) is 14.3. The summed E-state index contributed by atoms with van der Waals surface area (Å²) in [5, 5.41) is 4.37. The van der Waals surface area contributed by atoms with Crippen LogP contribution in [0.2, 0.25) is 0 Å². The Labute approximate surface area is 113 Å². The Morgan fingerprint density at radius 3 is 2.74 bits per heavy atom. The average molecular weight is 288 g/mol. The van der Waals surface area contributed by atoms with Gasteiger partial charge in [-0.2, -0.15) is 11.8 Å². The van der Waals surface area contributed by atoms with Crippen LogP contribution in [0.3, 0.4) is 0 Å². The van der Waals surface area contributed by atoms with Crippen LogP contribution >= 0.6 is 11.8 Å². The van der Waals surface area contributed by atoms with Crippen molar-refractivity contribution in [3.05, 3.63) is 35.4 Å². The molecule has 3 amide bonds. The van der Waals surface area contributed by atoms with Crippen molar-refractivity contribution in [2.24, 2.45) is 0 Å². The second-order valence-corrected chi connectivity index (χ2v) is 4.75. The minimum Gasteiger partial charge on any atom is -0.341 e. The third-order valence-electron chi connectivity index (χ3n) is 2.24. The van der Waals surface area contributed by atoms with E-state index in [1.165, 1.54) is 30.9 Å². The maximum atomic E-state index is 13.3. The van der Waals surface area contributed by atoms with Gasteiger partial charge in [-0.3, -0.25) is 10.1 Å². The normalized spacial score (nSPS) is 10.1. The van der Waals surface area contributed by atoms with Crippen molar-refractivity contribution in [3.8, 4) is 0 Å². The number of benzene rings is 1. The van der Waals surface area contributed by atoms with Crippen molar-refractivity contribution in [2.75, 3.05) is 12.8 Å². The Morgan fingerprint density at radius 2 is 2.05 bits per heavy atom. The van der Waals surface area contributed by atoms with Crippen molar-refractivity contribution >= 4 is 23.7 Å². The lowest BCUT2D eigenvalue weighted by atomic mass is 10.2. The molecule has 1 aromatic carbocycles. The second-order valence-electron chi connectivity index (χ2n) is 3.64. The lowest BCUT2D eigenvalue weighted by Crippen LogP contribution is -2.37. The van der Waals surface area contributed by atoms with Crippen LogP contribution in [-0.4, -0.2) is 24.7 Å². The smallest absolute Gasteiger partial charge is 0.321 e. The molecule has 0 spiro atoms. The molecule has 2 N–H and O–H groups in total. The molecule has 0 aromatic heterocycles. The first-order valence-corrected chi connectivity index (χ1v) is 6.72. The SMILES string of the molecule is CNC(=O)NC(=O)CCSCc1cccc(F)c1F. The summed E-state index contributed by atoms with van der Waals surface area (Å²) in [5.74, 6) is -1.46. The van der Waals surface area contributed by atoms with Gasteiger partial charge in [-0.25, -0.2) is 13.6 Å². The fraction of sp³-hybridized carbons (Fsp3) is 0.333. The van der Waals surface area contributed by atoms with E-state index in [0.29, 0.717) is 5.75 Å². The van der Waals surface area contributed by atoms with Crippen LogP contribution in [0.15, 0.2) is 18.2 Å². The lowest BCUT2D eigenvalue weighted by molar-refractivity contribution is -0.119. The minimum absolute atomic E-state index is 0.134. The monoisotopic (exact) mass is 288 g/mol. The van der Waals surface area contributed by atoms with E-state index >= 15 is 0 Å². The molecule has 7 heteroatoms. The highest BCUT2D eigenvalue weighted by molar-refractivity contribution is 7.98. The van der Waals surface area contributed by atoms with E-state index in [4.69, 9.17) is 0 Å². The molecule has 104 valence electrons. The van der Waals surface area contributed by atoms with Crippen molar-refractivity contribution in [2.45, 2.75) is 12.2 Å². The number of thioether (sulfide) groups is 1. The molecule has 19 heavy (non-hydrogen) atoms. The predicted molar refractivity (Wildman–Crippen MR) is 69.7 cm³/mol. The highest BCUT2D eigenvalue weighted by Crippen LogP contribution is 2.18. The Bertz CT molecular complexity index is 469. The van der Waals surface area contributed by atoms with Crippen molar-refractivity contribution in [1.29, 1.82) is 0 Å². The molecule has 0 bridgehead atoms. The molecular weight excluding hydrogens is 274 g/mol. The quantitative estimate of drug-likeness (QED) is 0.815. The zero-order valence-electron chi connectivity index (χ0n) is 10.3. The first-order chi connectivity index (χ1) is 9.04. The molecule has 0 atom stereocenters. The standard InChI is InChI=1S/C12H14F2N2O2S/c1-15-12(18)16-10(17)5-6-19-7-8-3-2-4-9(13)11(8)14/h2-4H,5-7H2,1H3,(H2,15,16,17,18). The van der Waals surface area contributed by atoms with Gasteiger partial charge in [0.1, 0.15) is 0 Å². The molecule has 0 aliphatic heterocycles. The van der Waals surface area contributed by atoms with E-state index in [-0.39, 0.29) is 17.7 Å². The first kappa shape index (κ1) is 15.4. The summed E-state index contributed by atoms with van der Waals surface area (Å²) >= 11 is 1.29. The Morgan fingerprint density at radius 1 is 1.32 bits per heavy atom. The summed E-state index contributed by atoms with van der Waals surface area (Å²) < 4.78 is 26.2. The van der Waals surface area contributed by atoms with Gasteiger partial charge in [-0.05, 0) is 6.07 Å². The van der Waals surface area contributed by atoms with Gasteiger partial charge >= 0.3 is 6.03 Å². The third kappa shape index (κ3) is 5.25. The molecule has 0 saturated heterocycles. The van der Waals surface area contributed by atoms with Crippen LogP contribution in [-0.2, 0) is 10.5 Å². The summed E-state index contributed by atoms with van der Waals surface area (Å²) in [6.45, 7) is 0. The van der Waals surface area contributed by atoms with Gasteiger partial charge in [0.05, 0.1) is 0 Å². The van der Waals surface area contributed by atoms with Crippen LogP contribution in [0.5, 0.6) is 0 Å². The third-order valence-corrected chi connectivity index (χ3v) is 3.25. The van der Waals surface area contributed by atoms with Gasteiger partial charge in [0, 0.05) is 30.5 Å². The highest BCUT2D eigenvalue weighted by Gasteiger charge is 2.08. The maximum Gasteiger partial charge on any atom is 0.321 e. The number of halogens is 2. The summed E-state index contributed by atoms with van der Waals surface area (Å²) in [5.41, 5.74) is 0.261. The largest absolute Gasteiger partial charge is 0.341 e. The second kappa shape index (κ2) is 7.73. The van der Waals surface area contributed by atoms with Gasteiger partial charge < -0.3 is 5.32 Å². The topological polar surface area (TPSA) is 58.2 Å². The van der Waals surface area contributed by atoms with Crippen molar-refractivity contribution < 1.29 is 18.4 Å². The van der Waals surface area contributed by atoms with E-state index in [1.54, 1.807) is 0 Å². The van der Waals surface area contributed by atoms with Gasteiger partial charge in [0.25, 0.3) is 0 Å². The molecule has 0 unspecified atom stereocenters. The molecule has 1 aromatic rings. The highest BCUT2D eigenvalue weighted by atomic mass is 32.2. The number of amides is 3. The predicted octanol–water partition coefficient (Wildman–Crippen LogP) is 2.04. The Hall–Kier alpha value is -1.63. The zero-order valence-corrected chi connectivity index (χ0v) is 11.2. The molecule has 0 aliphatic rings. The Balaban J connectivity index is 2.29. The molecule has 4 nitrogen and oxygen atoms in total. The number of carbonyl (C=O) groups is 2. The minimum atomic E-state index is -0.879. The Kier molecular flexibility index (Phi) is 6.27. The van der Waals surface area contributed by atoms with Gasteiger partial charge in [-0.1, -0.05) is 12.1 Å². The van der Waals surface area contributed by atoms with Crippen molar-refractivity contribution in [1.82, 2.24) is 10.6 Å². The van der Waals surface area contributed by atoms with E-state index in [1.807, 2.05) is 0 Å². The lowest BCUT2D eigenvalue weighted by Gasteiger charge is -2.05. The van der Waals surface area contributed by atoms with Crippen LogP contribution in [0, 0.1) is 11.6 Å². The average Bonchev–Trinajstić information content (AvgIpc) is 2.39. The number of rotatable bonds is 5. The summed E-state index contributed by atoms with van der Waals surface area (Å²) in [6, 6.07) is 3.43. The molecule has 0 fully saturated rings. The van der Waals surface area contributed by atoms with E-state index in [2.05, 4.69) is 10.6 Å². The number of hydrogen-bond acceptors (Lipinski definition) is 3. The molecule has 0 aliphatic carbocycles. The van der Waals surface area contributed by atoms with Gasteiger partial charge in [-0.15, -0.1) is 0 Å². The van der Waals surface area contributed by atoms with Gasteiger partial charge in [0.15, 0.2) is 11.6 Å². The summed E-state index contributed by atoms with van der Waals surface area (Å²) in [7, 11) is 1.41. The molecular formula is C12H14F2N2O2S. The number of urea groups is 1. The van der Waals surface area contributed by atoms with E-state index in [0.717, 1.165) is 6.07 Å². The number of imide groups is 1. The summed E-state index contributed by atoms with van der Waals surface area (Å²) in [6.07, 6.45) is 0.134. The van der Waals surface area contributed by atoms with E-state index < -0.39 is 23.6 Å². The van der Waals surface area contributed by atoms with Crippen LogP contribution < -0.4 is 10.6 Å². The van der Waals surface area contributed by atoms with Crippen LogP contribution in [0.4, 0.5) is 13.6 Å². The van der Waals surface area contributed by atoms with Crippen LogP contribution in [0.25, 0.3) is 0 Å². The number of hydrogen-bond donors (Lipinski definition) is 2. The van der Waals surface area contributed by atoms with Crippen molar-refractivity contribution in [3.63, 3.8) is 0 Å².